The Morgan fingerprint density at radius 2 is 2.43 bits per heavy atom. The molecule has 1 unspecified atom stereocenters. The molecule has 1 N–H and O–H groups in total. The molecule has 1 fully saturated rings. The van der Waals surface area contributed by atoms with Gasteiger partial charge in [0.1, 0.15) is 0 Å². The fourth-order valence-electron chi connectivity index (χ4n) is 0.276. The van der Waals surface area contributed by atoms with Crippen LogP contribution < -0.4 is 0 Å². The highest BCUT2D eigenvalue weighted by Gasteiger charge is 2.52. The number of hydrogen-bond donors (Lipinski definition) is 1. The Morgan fingerprint density at radius 1 is 2.00 bits per heavy atom. The predicted molar refractivity (Wildman–Crippen MR) is 21.6 cm³/mol. The molecule has 0 bridgehead atoms. The smallest absolute Gasteiger partial charge is 0.353 e. The van der Waals surface area contributed by atoms with Crippen molar-refractivity contribution in [2.75, 3.05) is 6.61 Å². The summed E-state index contributed by atoms with van der Waals surface area (Å²) in [7, 11) is 0. The molecule has 7 heavy (non-hydrogen) atoms. The van der Waals surface area contributed by atoms with E-state index in [1.165, 1.54) is 0 Å². The molecule has 0 aliphatic carbocycles. The molecule has 40 valence electrons. The van der Waals surface area contributed by atoms with Crippen LogP contribution in [0.25, 0.3) is 0 Å². The molecular formula is C4H6O3. The molecule has 1 heterocycles. The van der Waals surface area contributed by atoms with Gasteiger partial charge >= 0.3 is 5.97 Å². The number of carbonyl (C=O) groups is 1. The summed E-state index contributed by atoms with van der Waals surface area (Å²) in [4.78, 5) is 10.1. The van der Waals surface area contributed by atoms with Gasteiger partial charge in [0.05, 0.1) is 6.61 Å². The highest BCUT2D eigenvalue weighted by Crippen LogP contribution is 2.26. The number of aliphatic hydroxyl groups is 1. The number of aliphatic hydroxyl groups excluding tert-OH is 1. The van der Waals surface area contributed by atoms with E-state index in [0.717, 1.165) is 0 Å². The second kappa shape index (κ2) is 0.980. The van der Waals surface area contributed by atoms with Crippen LogP contribution in [0, 0.1) is 0 Å². The fraction of sp³-hybridized carbons (Fsp3) is 0.750. The molecule has 0 aromatic rings. The molecular weight excluding hydrogens is 96.0 g/mol. The molecule has 1 saturated heterocycles. The average molecular weight is 102 g/mol. The van der Waals surface area contributed by atoms with Crippen LogP contribution in [0.3, 0.4) is 0 Å². The quantitative estimate of drug-likeness (QED) is 0.445. The van der Waals surface area contributed by atoms with Crippen LogP contribution in [0.5, 0.6) is 0 Å². The Labute approximate surface area is 40.9 Å². The van der Waals surface area contributed by atoms with Crippen LogP contribution in [-0.4, -0.2) is 23.3 Å². The molecule has 0 aromatic heterocycles. The van der Waals surface area contributed by atoms with E-state index >= 15 is 0 Å². The summed E-state index contributed by atoms with van der Waals surface area (Å²) in [6, 6.07) is 0. The first-order valence-electron chi connectivity index (χ1n) is 2.03. The van der Waals surface area contributed by atoms with Crippen LogP contribution in [0.1, 0.15) is 6.92 Å². The van der Waals surface area contributed by atoms with E-state index in [-0.39, 0.29) is 12.6 Å². The average Bonchev–Trinajstić information content (AvgIpc) is 2.18. The summed E-state index contributed by atoms with van der Waals surface area (Å²) in [5.74, 6) is -0.310. The van der Waals surface area contributed by atoms with Crippen molar-refractivity contribution in [1.82, 2.24) is 0 Å². The first kappa shape index (κ1) is 4.59. The second-order valence-corrected chi connectivity index (χ2v) is 1.78. The van der Waals surface area contributed by atoms with Crippen molar-refractivity contribution in [1.29, 1.82) is 0 Å². The molecule has 1 rings (SSSR count). The molecule has 0 saturated carbocycles. The third-order valence-corrected chi connectivity index (χ3v) is 1.01. The van der Waals surface area contributed by atoms with Crippen LogP contribution in [0.4, 0.5) is 0 Å². The van der Waals surface area contributed by atoms with E-state index in [9.17, 15) is 4.79 Å². The van der Waals surface area contributed by atoms with Crippen LogP contribution in [0.2, 0.25) is 0 Å². The predicted octanol–water partition coefficient (Wildman–Crippen LogP) is -0.706. The number of rotatable bonds is 1. The Kier molecular flexibility index (Phi) is 0.642. The molecule has 0 spiro atoms. The Morgan fingerprint density at radius 3 is 2.43 bits per heavy atom. The van der Waals surface area contributed by atoms with E-state index in [0.29, 0.717) is 0 Å². The lowest BCUT2D eigenvalue weighted by Crippen LogP contribution is -2.11. The molecule has 1 aliphatic heterocycles. The molecule has 0 aromatic carbocycles. The minimum Gasteiger partial charge on any atom is -0.442 e. The van der Waals surface area contributed by atoms with Crippen LogP contribution >= 0.6 is 0 Å². The number of ether oxygens (including phenoxy) is 1. The Hall–Kier alpha value is -0.570. The topological polar surface area (TPSA) is 49.8 Å². The Balaban J connectivity index is 2.52. The molecule has 1 atom stereocenters. The highest BCUT2D eigenvalue weighted by atomic mass is 16.7. The van der Waals surface area contributed by atoms with Crippen molar-refractivity contribution in [2.24, 2.45) is 0 Å². The third kappa shape index (κ3) is 0.489. The maximum Gasteiger partial charge on any atom is 0.353 e. The Bertz CT molecular complexity index is 110. The largest absolute Gasteiger partial charge is 0.442 e. The number of hydrogen-bond acceptors (Lipinski definition) is 3. The minimum absolute atomic E-state index is 0.203. The van der Waals surface area contributed by atoms with Crippen molar-refractivity contribution in [3.05, 3.63) is 0 Å². The zero-order chi connectivity index (χ0) is 5.49. The lowest BCUT2D eigenvalue weighted by atomic mass is 10.2. The van der Waals surface area contributed by atoms with Gasteiger partial charge in [-0.25, -0.2) is 4.79 Å². The maximum atomic E-state index is 10.1. The normalized spacial score (nSPS) is 37.7. The monoisotopic (exact) mass is 102 g/mol. The van der Waals surface area contributed by atoms with Gasteiger partial charge in [0.15, 0.2) is 0 Å². The standard InChI is InChI=1S/C4H6O3/c1-4(2-5)3(6)7-4/h5H,2H2,1H3. The second-order valence-electron chi connectivity index (χ2n) is 1.78. The zero-order valence-electron chi connectivity index (χ0n) is 3.97. The molecule has 0 amide bonds. The van der Waals surface area contributed by atoms with Gasteiger partial charge in [0.25, 0.3) is 0 Å². The van der Waals surface area contributed by atoms with Crippen molar-refractivity contribution in [2.45, 2.75) is 12.5 Å². The van der Waals surface area contributed by atoms with E-state index in [1.54, 1.807) is 6.92 Å². The minimum atomic E-state index is -0.833. The molecule has 1 aliphatic rings. The van der Waals surface area contributed by atoms with Crippen molar-refractivity contribution in [3.63, 3.8) is 0 Å². The summed E-state index contributed by atoms with van der Waals surface area (Å²) < 4.78 is 4.36. The van der Waals surface area contributed by atoms with Crippen molar-refractivity contribution in [3.8, 4) is 0 Å². The van der Waals surface area contributed by atoms with E-state index < -0.39 is 5.60 Å². The maximum absolute atomic E-state index is 10.1. The summed E-state index contributed by atoms with van der Waals surface area (Å²) in [6.07, 6.45) is 0. The van der Waals surface area contributed by atoms with Crippen LogP contribution in [-0.2, 0) is 9.53 Å². The van der Waals surface area contributed by atoms with E-state index in [2.05, 4.69) is 4.74 Å². The number of carbonyl (C=O) groups excluding carboxylic acids is 1. The zero-order valence-corrected chi connectivity index (χ0v) is 3.97. The summed E-state index contributed by atoms with van der Waals surface area (Å²) >= 11 is 0. The van der Waals surface area contributed by atoms with Gasteiger partial charge in [-0.15, -0.1) is 0 Å². The van der Waals surface area contributed by atoms with Crippen molar-refractivity contribution >= 4 is 5.97 Å². The first-order chi connectivity index (χ1) is 3.19. The SMILES string of the molecule is CC1(CO)OC1=O. The number of epoxide rings is 1. The molecule has 0 radical (unpaired) electrons. The van der Waals surface area contributed by atoms with Gasteiger partial charge < -0.3 is 9.84 Å². The lowest BCUT2D eigenvalue weighted by molar-refractivity contribution is -0.117. The summed E-state index contributed by atoms with van der Waals surface area (Å²) in [5.41, 5.74) is -0.833. The lowest BCUT2D eigenvalue weighted by Gasteiger charge is -1.87. The number of cyclic esters (lactones) is 1. The first-order valence-corrected chi connectivity index (χ1v) is 2.03. The van der Waals surface area contributed by atoms with Gasteiger partial charge in [0, 0.05) is 0 Å². The van der Waals surface area contributed by atoms with Crippen molar-refractivity contribution < 1.29 is 14.6 Å². The molecule has 3 nitrogen and oxygen atoms in total. The van der Waals surface area contributed by atoms with E-state index in [1.807, 2.05) is 0 Å². The molecule has 3 heteroatoms. The highest BCUT2D eigenvalue weighted by molar-refractivity contribution is 5.92. The third-order valence-electron chi connectivity index (χ3n) is 1.01. The van der Waals surface area contributed by atoms with Gasteiger partial charge in [-0.2, -0.15) is 0 Å². The van der Waals surface area contributed by atoms with E-state index in [4.69, 9.17) is 5.11 Å². The summed E-state index contributed by atoms with van der Waals surface area (Å²) in [6.45, 7) is 1.35. The summed E-state index contributed by atoms with van der Waals surface area (Å²) in [5, 5.41) is 8.29. The van der Waals surface area contributed by atoms with Gasteiger partial charge in [-0.1, -0.05) is 0 Å². The van der Waals surface area contributed by atoms with Gasteiger partial charge in [0.2, 0.25) is 5.60 Å². The van der Waals surface area contributed by atoms with Gasteiger partial charge in [-0.3, -0.25) is 0 Å². The van der Waals surface area contributed by atoms with Gasteiger partial charge in [-0.05, 0) is 6.92 Å². The fourth-order valence-corrected chi connectivity index (χ4v) is 0.276. The van der Waals surface area contributed by atoms with Crippen LogP contribution in [0.15, 0.2) is 0 Å².